The molecule has 0 radical (unpaired) electrons. The molecule has 1 aliphatic rings. The Morgan fingerprint density at radius 2 is 1.92 bits per heavy atom. The standard InChI is InChI=1S/C25H28ClN5O4S/c1-2-12-35-24(33)20-15-18(8-9-21(20)26)27-23(32)17-36-25-29-28-22(16-30-10-13-34-14-11-30)31(25)19-6-4-3-5-7-19/h3-9,15H,2,10-14,16-17H2,1H3,(H,27,32). The smallest absolute Gasteiger partial charge is 0.339 e. The van der Waals surface area contributed by atoms with Gasteiger partial charge in [-0.1, -0.05) is 48.5 Å². The zero-order valence-electron chi connectivity index (χ0n) is 20.0. The first-order chi connectivity index (χ1) is 17.5. The van der Waals surface area contributed by atoms with Crippen LogP contribution in [0.1, 0.15) is 29.5 Å². The molecule has 1 saturated heterocycles. The van der Waals surface area contributed by atoms with Gasteiger partial charge in [-0.25, -0.2) is 4.79 Å². The molecule has 1 N–H and O–H groups in total. The fraction of sp³-hybridized carbons (Fsp3) is 0.360. The Hall–Kier alpha value is -2.92. The summed E-state index contributed by atoms with van der Waals surface area (Å²) in [5.41, 5.74) is 1.61. The highest BCUT2D eigenvalue weighted by molar-refractivity contribution is 7.99. The number of benzene rings is 2. The van der Waals surface area contributed by atoms with Crippen LogP contribution in [0, 0.1) is 0 Å². The first-order valence-electron chi connectivity index (χ1n) is 11.7. The van der Waals surface area contributed by atoms with E-state index in [0.29, 0.717) is 43.6 Å². The van der Waals surface area contributed by atoms with Gasteiger partial charge in [-0.2, -0.15) is 0 Å². The third-order valence-electron chi connectivity index (χ3n) is 5.42. The lowest BCUT2D eigenvalue weighted by molar-refractivity contribution is -0.113. The van der Waals surface area contributed by atoms with Crippen molar-refractivity contribution in [2.75, 3.05) is 44.0 Å². The first-order valence-corrected chi connectivity index (χ1v) is 13.1. The second-order valence-electron chi connectivity index (χ2n) is 8.13. The summed E-state index contributed by atoms with van der Waals surface area (Å²) in [6.07, 6.45) is 0.707. The average molecular weight is 530 g/mol. The number of halogens is 1. The summed E-state index contributed by atoms with van der Waals surface area (Å²) in [5, 5.41) is 12.5. The molecular formula is C25H28ClN5O4S. The third kappa shape index (κ3) is 6.85. The lowest BCUT2D eigenvalue weighted by atomic mass is 10.2. The summed E-state index contributed by atoms with van der Waals surface area (Å²) in [4.78, 5) is 27.2. The molecule has 0 saturated carbocycles. The van der Waals surface area contributed by atoms with Gasteiger partial charge in [-0.05, 0) is 36.8 Å². The first kappa shape index (κ1) is 26.2. The van der Waals surface area contributed by atoms with Crippen molar-refractivity contribution in [2.24, 2.45) is 0 Å². The SMILES string of the molecule is CCCOC(=O)c1cc(NC(=O)CSc2nnc(CN3CCOCC3)n2-c2ccccc2)ccc1Cl. The predicted octanol–water partition coefficient (Wildman–Crippen LogP) is 4.05. The molecule has 36 heavy (non-hydrogen) atoms. The number of para-hydroxylation sites is 1. The molecule has 0 spiro atoms. The molecule has 0 unspecified atom stereocenters. The summed E-state index contributed by atoms with van der Waals surface area (Å²) in [6, 6.07) is 14.6. The van der Waals surface area contributed by atoms with E-state index in [0.717, 1.165) is 24.6 Å². The largest absolute Gasteiger partial charge is 0.462 e. The van der Waals surface area contributed by atoms with E-state index in [9.17, 15) is 9.59 Å². The molecule has 1 fully saturated rings. The molecule has 2 heterocycles. The maximum Gasteiger partial charge on any atom is 0.339 e. The quantitative estimate of drug-likeness (QED) is 0.310. The number of hydrogen-bond acceptors (Lipinski definition) is 8. The molecule has 1 amide bonds. The zero-order chi connectivity index (χ0) is 25.3. The lowest BCUT2D eigenvalue weighted by Gasteiger charge is -2.26. The van der Waals surface area contributed by atoms with E-state index < -0.39 is 5.97 Å². The van der Waals surface area contributed by atoms with Crippen molar-refractivity contribution in [3.63, 3.8) is 0 Å². The normalized spacial score (nSPS) is 13.9. The number of carbonyl (C=O) groups is 2. The van der Waals surface area contributed by atoms with Crippen molar-refractivity contribution < 1.29 is 19.1 Å². The Labute approximate surface area is 219 Å². The number of esters is 1. The molecule has 0 atom stereocenters. The molecular weight excluding hydrogens is 502 g/mol. The Kier molecular flexibility index (Phi) is 9.35. The topological polar surface area (TPSA) is 98.6 Å². The predicted molar refractivity (Wildman–Crippen MR) is 139 cm³/mol. The van der Waals surface area contributed by atoms with Gasteiger partial charge in [0.1, 0.15) is 0 Å². The number of morpholine rings is 1. The van der Waals surface area contributed by atoms with Crippen LogP contribution in [0.4, 0.5) is 5.69 Å². The van der Waals surface area contributed by atoms with Gasteiger partial charge in [0.25, 0.3) is 0 Å². The van der Waals surface area contributed by atoms with E-state index in [1.165, 1.54) is 17.8 Å². The fourth-order valence-corrected chi connectivity index (χ4v) is 4.62. The van der Waals surface area contributed by atoms with Gasteiger partial charge >= 0.3 is 5.97 Å². The lowest BCUT2D eigenvalue weighted by Crippen LogP contribution is -2.36. The number of thioether (sulfide) groups is 1. The Bertz CT molecular complexity index is 1180. The average Bonchev–Trinajstić information content (AvgIpc) is 3.30. The molecule has 1 aliphatic heterocycles. The van der Waals surface area contributed by atoms with Crippen molar-refractivity contribution in [1.82, 2.24) is 19.7 Å². The molecule has 11 heteroatoms. The van der Waals surface area contributed by atoms with E-state index in [2.05, 4.69) is 20.4 Å². The van der Waals surface area contributed by atoms with Crippen molar-refractivity contribution in [3.05, 3.63) is 64.9 Å². The van der Waals surface area contributed by atoms with Crippen LogP contribution in [0.2, 0.25) is 5.02 Å². The summed E-state index contributed by atoms with van der Waals surface area (Å²) >= 11 is 7.44. The van der Waals surface area contributed by atoms with Crippen molar-refractivity contribution >= 4 is 40.9 Å². The van der Waals surface area contributed by atoms with E-state index in [1.807, 2.05) is 41.8 Å². The highest BCUT2D eigenvalue weighted by Crippen LogP contribution is 2.25. The second-order valence-corrected chi connectivity index (χ2v) is 9.48. The summed E-state index contributed by atoms with van der Waals surface area (Å²) in [5.74, 6) is 0.156. The van der Waals surface area contributed by atoms with E-state index >= 15 is 0 Å². The molecule has 1 aromatic heterocycles. The zero-order valence-corrected chi connectivity index (χ0v) is 21.6. The molecule has 2 aromatic carbocycles. The minimum absolute atomic E-state index is 0.112. The van der Waals surface area contributed by atoms with Gasteiger partial charge in [-0.3, -0.25) is 14.3 Å². The van der Waals surface area contributed by atoms with Crippen molar-refractivity contribution in [3.8, 4) is 5.69 Å². The van der Waals surface area contributed by atoms with Gasteiger partial charge in [0.2, 0.25) is 5.91 Å². The van der Waals surface area contributed by atoms with E-state index in [4.69, 9.17) is 21.1 Å². The Balaban J connectivity index is 1.44. The molecule has 3 aromatic rings. The van der Waals surface area contributed by atoms with Gasteiger partial charge in [0, 0.05) is 24.5 Å². The maximum atomic E-state index is 12.7. The van der Waals surface area contributed by atoms with E-state index in [1.54, 1.807) is 12.1 Å². The summed E-state index contributed by atoms with van der Waals surface area (Å²) in [7, 11) is 0. The number of amides is 1. The molecule has 4 rings (SSSR count). The Morgan fingerprint density at radius 1 is 1.14 bits per heavy atom. The number of carbonyl (C=O) groups excluding carboxylic acids is 2. The number of nitrogens with one attached hydrogen (secondary N) is 1. The summed E-state index contributed by atoms with van der Waals surface area (Å²) < 4.78 is 12.6. The number of rotatable bonds is 10. The molecule has 190 valence electrons. The monoisotopic (exact) mass is 529 g/mol. The molecule has 0 aliphatic carbocycles. The highest BCUT2D eigenvalue weighted by Gasteiger charge is 2.20. The van der Waals surface area contributed by atoms with Crippen LogP contribution in [0.5, 0.6) is 0 Å². The van der Waals surface area contributed by atoms with Crippen LogP contribution in [0.15, 0.2) is 53.7 Å². The van der Waals surface area contributed by atoms with Gasteiger partial charge in [0.15, 0.2) is 11.0 Å². The van der Waals surface area contributed by atoms with Crippen molar-refractivity contribution in [1.29, 1.82) is 0 Å². The van der Waals surface area contributed by atoms with E-state index in [-0.39, 0.29) is 22.2 Å². The number of nitrogens with zero attached hydrogens (tertiary/aromatic N) is 4. The second kappa shape index (κ2) is 12.9. The number of ether oxygens (including phenoxy) is 2. The Morgan fingerprint density at radius 3 is 2.67 bits per heavy atom. The number of hydrogen-bond donors (Lipinski definition) is 1. The van der Waals surface area contributed by atoms with Crippen LogP contribution in [0.3, 0.4) is 0 Å². The van der Waals surface area contributed by atoms with Crippen LogP contribution in [-0.2, 0) is 20.8 Å². The third-order valence-corrected chi connectivity index (χ3v) is 6.68. The minimum Gasteiger partial charge on any atom is -0.462 e. The molecule has 9 nitrogen and oxygen atoms in total. The maximum absolute atomic E-state index is 12.7. The van der Waals surface area contributed by atoms with Crippen LogP contribution in [0.25, 0.3) is 5.69 Å². The number of aromatic nitrogens is 3. The van der Waals surface area contributed by atoms with Crippen LogP contribution >= 0.6 is 23.4 Å². The fourth-order valence-electron chi connectivity index (χ4n) is 3.65. The highest BCUT2D eigenvalue weighted by atomic mass is 35.5. The van der Waals surface area contributed by atoms with Crippen LogP contribution < -0.4 is 5.32 Å². The minimum atomic E-state index is -0.518. The molecule has 0 bridgehead atoms. The number of anilines is 1. The van der Waals surface area contributed by atoms with Gasteiger partial charge in [-0.15, -0.1) is 10.2 Å². The van der Waals surface area contributed by atoms with Crippen molar-refractivity contribution in [2.45, 2.75) is 25.0 Å². The van der Waals surface area contributed by atoms with Gasteiger partial charge in [0.05, 0.1) is 42.7 Å². The summed E-state index contributed by atoms with van der Waals surface area (Å²) in [6.45, 7) is 5.92. The van der Waals surface area contributed by atoms with Gasteiger partial charge < -0.3 is 14.8 Å². The van der Waals surface area contributed by atoms with Crippen LogP contribution in [-0.4, -0.2) is 70.2 Å².